The summed E-state index contributed by atoms with van der Waals surface area (Å²) in [7, 11) is -3.95. The lowest BCUT2D eigenvalue weighted by Gasteiger charge is -2.12. The van der Waals surface area contributed by atoms with Gasteiger partial charge in [0.2, 0.25) is 0 Å². The molecule has 132 valence electrons. The highest BCUT2D eigenvalue weighted by molar-refractivity contribution is 7.90. The van der Waals surface area contributed by atoms with Crippen LogP contribution in [0.15, 0.2) is 53.7 Å². The van der Waals surface area contributed by atoms with Crippen molar-refractivity contribution in [2.24, 2.45) is 0 Å². The number of hydrogen-bond donors (Lipinski definition) is 1. The molecule has 25 heavy (non-hydrogen) atoms. The van der Waals surface area contributed by atoms with Gasteiger partial charge in [-0.15, -0.1) is 0 Å². The molecular formula is C17H18N2O5S. The van der Waals surface area contributed by atoms with Crippen molar-refractivity contribution in [2.45, 2.75) is 23.8 Å². The van der Waals surface area contributed by atoms with E-state index < -0.39 is 15.9 Å². The minimum atomic E-state index is -3.95. The van der Waals surface area contributed by atoms with Crippen LogP contribution in [0.3, 0.4) is 0 Å². The van der Waals surface area contributed by atoms with E-state index in [1.807, 2.05) is 4.72 Å². The van der Waals surface area contributed by atoms with Crippen LogP contribution in [0, 0.1) is 0 Å². The van der Waals surface area contributed by atoms with Gasteiger partial charge in [-0.05, 0) is 49.2 Å². The van der Waals surface area contributed by atoms with Crippen LogP contribution in [-0.2, 0) is 14.8 Å². The number of nitrogens with one attached hydrogen (secondary N) is 1. The molecule has 1 atom stereocenters. The molecule has 0 unspecified atom stereocenters. The molecule has 1 aromatic carbocycles. The molecule has 1 aromatic heterocycles. The minimum Gasteiger partial charge on any atom is -0.491 e. The molecule has 7 nitrogen and oxygen atoms in total. The molecule has 1 fully saturated rings. The third-order valence-electron chi connectivity index (χ3n) is 3.75. The van der Waals surface area contributed by atoms with Crippen LogP contribution in [0.1, 0.15) is 23.2 Å². The van der Waals surface area contributed by atoms with Crippen LogP contribution >= 0.6 is 0 Å². The van der Waals surface area contributed by atoms with E-state index in [2.05, 4.69) is 4.98 Å². The summed E-state index contributed by atoms with van der Waals surface area (Å²) >= 11 is 0. The number of ether oxygens (including phenoxy) is 2. The number of benzene rings is 1. The van der Waals surface area contributed by atoms with Crippen molar-refractivity contribution in [2.75, 3.05) is 13.2 Å². The van der Waals surface area contributed by atoms with E-state index in [9.17, 15) is 13.2 Å². The van der Waals surface area contributed by atoms with Crippen LogP contribution in [-0.4, -0.2) is 38.6 Å². The Labute approximate surface area is 146 Å². The van der Waals surface area contributed by atoms with Gasteiger partial charge in [-0.2, -0.15) is 0 Å². The Kier molecular flexibility index (Phi) is 5.30. The number of carbonyl (C=O) groups excluding carboxylic acids is 1. The monoisotopic (exact) mass is 362 g/mol. The number of carbonyl (C=O) groups is 1. The van der Waals surface area contributed by atoms with Gasteiger partial charge in [0, 0.05) is 24.6 Å². The van der Waals surface area contributed by atoms with E-state index in [0.717, 1.165) is 19.4 Å². The first-order chi connectivity index (χ1) is 12.0. The van der Waals surface area contributed by atoms with Crippen LogP contribution < -0.4 is 9.46 Å². The Hall–Kier alpha value is -2.45. The van der Waals surface area contributed by atoms with Gasteiger partial charge in [0.25, 0.3) is 15.9 Å². The van der Waals surface area contributed by atoms with Crippen LogP contribution in [0.4, 0.5) is 0 Å². The van der Waals surface area contributed by atoms with E-state index in [1.54, 1.807) is 12.1 Å². The lowest BCUT2D eigenvalue weighted by atomic mass is 10.2. The van der Waals surface area contributed by atoms with E-state index >= 15 is 0 Å². The van der Waals surface area contributed by atoms with Gasteiger partial charge < -0.3 is 9.47 Å². The second-order valence-corrected chi connectivity index (χ2v) is 7.28. The molecule has 1 N–H and O–H groups in total. The molecule has 0 bridgehead atoms. The third kappa shape index (κ3) is 4.55. The molecule has 8 heteroatoms. The maximum Gasteiger partial charge on any atom is 0.265 e. The summed E-state index contributed by atoms with van der Waals surface area (Å²) in [6.07, 6.45) is 4.76. The number of pyridine rings is 1. The zero-order chi connectivity index (χ0) is 17.7. The average Bonchev–Trinajstić information content (AvgIpc) is 3.14. The molecule has 0 saturated carbocycles. The van der Waals surface area contributed by atoms with E-state index in [4.69, 9.17) is 9.47 Å². The normalized spacial score (nSPS) is 17.2. The molecule has 0 radical (unpaired) electrons. The Balaban J connectivity index is 1.60. The predicted molar refractivity (Wildman–Crippen MR) is 89.8 cm³/mol. The van der Waals surface area contributed by atoms with Crippen molar-refractivity contribution in [3.8, 4) is 5.75 Å². The Morgan fingerprint density at radius 3 is 2.72 bits per heavy atom. The molecular weight excluding hydrogens is 344 g/mol. The van der Waals surface area contributed by atoms with Crippen molar-refractivity contribution in [1.29, 1.82) is 0 Å². The molecule has 2 heterocycles. The number of aromatic nitrogens is 1. The highest BCUT2D eigenvalue weighted by Crippen LogP contribution is 2.17. The molecule has 3 rings (SSSR count). The van der Waals surface area contributed by atoms with Gasteiger partial charge in [-0.3, -0.25) is 9.78 Å². The van der Waals surface area contributed by atoms with E-state index in [-0.39, 0.29) is 16.6 Å². The lowest BCUT2D eigenvalue weighted by molar-refractivity contribution is 0.0679. The summed E-state index contributed by atoms with van der Waals surface area (Å²) < 4.78 is 37.3. The highest BCUT2D eigenvalue weighted by atomic mass is 32.2. The summed E-state index contributed by atoms with van der Waals surface area (Å²) in [6, 6.07) is 9.13. The average molecular weight is 362 g/mol. The summed E-state index contributed by atoms with van der Waals surface area (Å²) in [5.41, 5.74) is 0.219. The van der Waals surface area contributed by atoms with Crippen molar-refractivity contribution in [3.63, 3.8) is 0 Å². The number of amides is 1. The lowest BCUT2D eigenvalue weighted by Crippen LogP contribution is -2.30. The molecule has 1 saturated heterocycles. The van der Waals surface area contributed by atoms with Crippen molar-refractivity contribution >= 4 is 15.9 Å². The van der Waals surface area contributed by atoms with Crippen LogP contribution in [0.5, 0.6) is 5.75 Å². The molecule has 0 spiro atoms. The first-order valence-corrected chi connectivity index (χ1v) is 9.34. The fraction of sp³-hybridized carbons (Fsp3) is 0.294. The Morgan fingerprint density at radius 1 is 1.28 bits per heavy atom. The topological polar surface area (TPSA) is 94.6 Å². The van der Waals surface area contributed by atoms with Gasteiger partial charge in [-0.1, -0.05) is 0 Å². The molecule has 2 aromatic rings. The number of rotatable bonds is 6. The quantitative estimate of drug-likeness (QED) is 0.841. The van der Waals surface area contributed by atoms with Gasteiger partial charge in [0.05, 0.1) is 6.10 Å². The van der Waals surface area contributed by atoms with E-state index in [0.29, 0.717) is 12.4 Å². The van der Waals surface area contributed by atoms with Gasteiger partial charge in [-0.25, -0.2) is 13.1 Å². The molecule has 1 amide bonds. The van der Waals surface area contributed by atoms with Gasteiger partial charge in [0.15, 0.2) is 0 Å². The molecule has 1 aliphatic heterocycles. The van der Waals surface area contributed by atoms with Crippen LogP contribution in [0.2, 0.25) is 0 Å². The number of nitrogens with zero attached hydrogens (tertiary/aromatic N) is 1. The SMILES string of the molecule is O=C(NS(=O)(=O)c1cccnc1)c1ccc(OC[C@H]2CCCO2)cc1. The zero-order valence-corrected chi connectivity index (χ0v) is 14.2. The summed E-state index contributed by atoms with van der Waals surface area (Å²) in [4.78, 5) is 15.8. The molecule has 0 aliphatic carbocycles. The van der Waals surface area contributed by atoms with E-state index in [1.165, 1.54) is 36.7 Å². The molecule has 1 aliphatic rings. The predicted octanol–water partition coefficient (Wildman–Crippen LogP) is 1.76. The summed E-state index contributed by atoms with van der Waals surface area (Å²) in [5, 5.41) is 0. The first kappa shape index (κ1) is 17.4. The maximum absolute atomic E-state index is 12.1. The minimum absolute atomic E-state index is 0.0696. The zero-order valence-electron chi connectivity index (χ0n) is 13.4. The first-order valence-electron chi connectivity index (χ1n) is 7.86. The Morgan fingerprint density at radius 2 is 2.08 bits per heavy atom. The second kappa shape index (κ2) is 7.62. The van der Waals surface area contributed by atoms with Crippen LogP contribution in [0.25, 0.3) is 0 Å². The largest absolute Gasteiger partial charge is 0.491 e. The van der Waals surface area contributed by atoms with Gasteiger partial charge in [0.1, 0.15) is 17.3 Å². The highest BCUT2D eigenvalue weighted by Gasteiger charge is 2.19. The van der Waals surface area contributed by atoms with Crippen molar-refractivity contribution < 1.29 is 22.7 Å². The van der Waals surface area contributed by atoms with Gasteiger partial charge >= 0.3 is 0 Å². The Bertz CT molecular complexity index is 816. The third-order valence-corrected chi connectivity index (χ3v) is 5.06. The summed E-state index contributed by atoms with van der Waals surface area (Å²) in [5.74, 6) is -0.114. The maximum atomic E-state index is 12.1. The smallest absolute Gasteiger partial charge is 0.265 e. The standard InChI is InChI=1S/C17H18N2O5S/c20-17(19-25(21,22)16-4-1-9-18-11-16)13-5-7-14(8-6-13)24-12-15-3-2-10-23-15/h1,4-9,11,15H,2-3,10,12H2,(H,19,20)/t15-/m1/s1. The second-order valence-electron chi connectivity index (χ2n) is 5.59. The fourth-order valence-corrected chi connectivity index (χ4v) is 3.35. The van der Waals surface area contributed by atoms with Crippen molar-refractivity contribution in [1.82, 2.24) is 9.71 Å². The summed E-state index contributed by atoms with van der Waals surface area (Å²) in [6.45, 7) is 1.22. The fourth-order valence-electron chi connectivity index (χ4n) is 2.41. The number of sulfonamides is 1. The van der Waals surface area contributed by atoms with Crippen molar-refractivity contribution in [3.05, 3.63) is 54.4 Å². The number of hydrogen-bond acceptors (Lipinski definition) is 6.